The summed E-state index contributed by atoms with van der Waals surface area (Å²) in [4.78, 5) is 25.5. The van der Waals surface area contributed by atoms with Gasteiger partial charge in [-0.15, -0.1) is 0 Å². The zero-order valence-corrected chi connectivity index (χ0v) is 13.3. The van der Waals surface area contributed by atoms with Crippen LogP contribution in [0.4, 0.5) is 8.78 Å². The molecule has 0 fully saturated rings. The van der Waals surface area contributed by atoms with Crippen molar-refractivity contribution in [1.82, 2.24) is 14.0 Å². The van der Waals surface area contributed by atoms with Crippen molar-refractivity contribution in [1.29, 1.82) is 0 Å². The Morgan fingerprint density at radius 1 is 1.04 bits per heavy atom. The largest absolute Gasteiger partial charge is 0.330 e. The number of halogens is 2. The minimum absolute atomic E-state index is 0.0248. The second kappa shape index (κ2) is 6.87. The fraction of sp³-hybridized carbons (Fsp3) is 0.375. The van der Waals surface area contributed by atoms with Gasteiger partial charge in [-0.05, 0) is 18.7 Å². The van der Waals surface area contributed by atoms with Crippen LogP contribution in [0.15, 0.2) is 33.9 Å². The summed E-state index contributed by atoms with van der Waals surface area (Å²) in [6.45, 7) is 2.65. The summed E-state index contributed by atoms with van der Waals surface area (Å²) in [5, 5.41) is 0. The van der Waals surface area contributed by atoms with E-state index in [9.17, 15) is 18.4 Å². The molecule has 2 rings (SSSR count). The third-order valence-corrected chi connectivity index (χ3v) is 3.90. The van der Waals surface area contributed by atoms with Gasteiger partial charge in [-0.25, -0.2) is 13.6 Å². The number of benzene rings is 1. The van der Waals surface area contributed by atoms with Gasteiger partial charge in [-0.1, -0.05) is 13.0 Å². The zero-order valence-electron chi connectivity index (χ0n) is 13.3. The normalized spacial score (nSPS) is 11.2. The fourth-order valence-corrected chi connectivity index (χ4v) is 2.35. The molecule has 0 N–H and O–H groups in total. The van der Waals surface area contributed by atoms with Crippen molar-refractivity contribution in [2.45, 2.75) is 20.0 Å². The molecule has 7 heteroatoms. The highest BCUT2D eigenvalue weighted by Gasteiger charge is 2.15. The molecule has 124 valence electrons. The van der Waals surface area contributed by atoms with Crippen LogP contribution in [0.5, 0.6) is 0 Å². The number of rotatable bonds is 5. The maximum atomic E-state index is 13.8. The average molecular weight is 323 g/mol. The Hall–Kier alpha value is -2.28. The number of aromatic nitrogens is 2. The lowest BCUT2D eigenvalue weighted by Crippen LogP contribution is -2.39. The van der Waals surface area contributed by atoms with Gasteiger partial charge in [-0.3, -0.25) is 18.8 Å². The highest BCUT2D eigenvalue weighted by atomic mass is 19.1. The maximum Gasteiger partial charge on any atom is 0.330 e. The van der Waals surface area contributed by atoms with E-state index >= 15 is 0 Å². The Bertz CT molecular complexity index is 807. The van der Waals surface area contributed by atoms with Crippen LogP contribution < -0.4 is 11.2 Å². The molecule has 23 heavy (non-hydrogen) atoms. The molecule has 1 heterocycles. The van der Waals surface area contributed by atoms with Crippen molar-refractivity contribution < 1.29 is 8.78 Å². The van der Waals surface area contributed by atoms with Gasteiger partial charge in [0.25, 0.3) is 5.56 Å². The molecule has 0 atom stereocenters. The van der Waals surface area contributed by atoms with E-state index in [0.29, 0.717) is 12.2 Å². The molecule has 2 aromatic rings. The molecule has 0 aliphatic rings. The van der Waals surface area contributed by atoms with Crippen LogP contribution in [0.1, 0.15) is 18.2 Å². The first kappa shape index (κ1) is 17.1. The predicted octanol–water partition coefficient (Wildman–Crippen LogP) is 1.38. The first-order valence-corrected chi connectivity index (χ1v) is 7.26. The molecule has 5 nitrogen and oxygen atoms in total. The molecule has 0 spiro atoms. The maximum absolute atomic E-state index is 13.8. The first-order chi connectivity index (χ1) is 10.8. The fourth-order valence-electron chi connectivity index (χ4n) is 2.35. The predicted molar refractivity (Wildman–Crippen MR) is 83.1 cm³/mol. The third kappa shape index (κ3) is 3.56. The van der Waals surface area contributed by atoms with Crippen LogP contribution in [0.3, 0.4) is 0 Å². The topological polar surface area (TPSA) is 47.2 Å². The molecule has 0 radical (unpaired) electrons. The number of hydrogen-bond donors (Lipinski definition) is 0. The van der Waals surface area contributed by atoms with Crippen molar-refractivity contribution in [2.24, 2.45) is 14.1 Å². The Kier molecular flexibility index (Phi) is 5.10. The van der Waals surface area contributed by atoms with Gasteiger partial charge in [0.1, 0.15) is 11.6 Å². The van der Waals surface area contributed by atoms with E-state index in [1.165, 1.54) is 35.9 Å². The lowest BCUT2D eigenvalue weighted by atomic mass is 10.1. The van der Waals surface area contributed by atoms with E-state index in [0.717, 1.165) is 4.57 Å². The van der Waals surface area contributed by atoms with Crippen LogP contribution in [0.2, 0.25) is 0 Å². The van der Waals surface area contributed by atoms with Gasteiger partial charge < -0.3 is 0 Å². The van der Waals surface area contributed by atoms with Gasteiger partial charge in [0, 0.05) is 44.5 Å². The van der Waals surface area contributed by atoms with Crippen molar-refractivity contribution in [3.8, 4) is 0 Å². The lowest BCUT2D eigenvalue weighted by Gasteiger charge is -2.22. The van der Waals surface area contributed by atoms with E-state index in [-0.39, 0.29) is 18.7 Å². The van der Waals surface area contributed by atoms with Gasteiger partial charge in [0.15, 0.2) is 0 Å². The van der Waals surface area contributed by atoms with Gasteiger partial charge in [0.2, 0.25) is 0 Å². The minimum Gasteiger partial charge on any atom is -0.299 e. The molecule has 0 aliphatic heterocycles. The quantitative estimate of drug-likeness (QED) is 0.835. The lowest BCUT2D eigenvalue weighted by molar-refractivity contribution is 0.255. The third-order valence-electron chi connectivity index (χ3n) is 3.90. The van der Waals surface area contributed by atoms with Crippen LogP contribution in [-0.4, -0.2) is 20.6 Å². The van der Waals surface area contributed by atoms with Crippen LogP contribution in [-0.2, 0) is 27.2 Å². The molecule has 1 aromatic carbocycles. The Balaban J connectivity index is 2.31. The van der Waals surface area contributed by atoms with Crippen LogP contribution in [0.25, 0.3) is 0 Å². The smallest absolute Gasteiger partial charge is 0.299 e. The van der Waals surface area contributed by atoms with Gasteiger partial charge in [0.05, 0.1) is 0 Å². The molecule has 0 saturated heterocycles. The summed E-state index contributed by atoms with van der Waals surface area (Å²) in [7, 11) is 2.97. The highest BCUT2D eigenvalue weighted by Crippen LogP contribution is 2.15. The molecule has 0 unspecified atom stereocenters. The Labute approximate surface area is 132 Å². The van der Waals surface area contributed by atoms with Gasteiger partial charge >= 0.3 is 5.69 Å². The number of nitrogens with zero attached hydrogens (tertiary/aromatic N) is 3. The van der Waals surface area contributed by atoms with Crippen LogP contribution >= 0.6 is 0 Å². The van der Waals surface area contributed by atoms with Crippen molar-refractivity contribution in [2.75, 3.05) is 6.54 Å². The highest BCUT2D eigenvalue weighted by molar-refractivity contribution is 5.19. The van der Waals surface area contributed by atoms with E-state index in [4.69, 9.17) is 0 Å². The summed E-state index contributed by atoms with van der Waals surface area (Å²) in [6, 6.07) is 5.09. The zero-order chi connectivity index (χ0) is 17.1. The average Bonchev–Trinajstić information content (AvgIpc) is 2.52. The van der Waals surface area contributed by atoms with E-state index in [1.807, 2.05) is 6.92 Å². The van der Waals surface area contributed by atoms with E-state index < -0.39 is 22.9 Å². The second-order valence-electron chi connectivity index (χ2n) is 5.38. The Morgan fingerprint density at radius 2 is 1.65 bits per heavy atom. The molecule has 0 aliphatic carbocycles. The first-order valence-electron chi connectivity index (χ1n) is 7.26. The Morgan fingerprint density at radius 3 is 2.22 bits per heavy atom. The monoisotopic (exact) mass is 323 g/mol. The summed E-state index contributed by atoms with van der Waals surface area (Å²) >= 11 is 0. The minimum atomic E-state index is -0.610. The van der Waals surface area contributed by atoms with Crippen LogP contribution in [0, 0.1) is 11.6 Å². The summed E-state index contributed by atoms with van der Waals surface area (Å²) in [5.41, 5.74) is -0.364. The molecule has 1 aromatic heterocycles. The molecule has 0 bridgehead atoms. The van der Waals surface area contributed by atoms with E-state index in [2.05, 4.69) is 0 Å². The number of hydrogen-bond acceptors (Lipinski definition) is 3. The summed E-state index contributed by atoms with van der Waals surface area (Å²) < 4.78 is 29.9. The second-order valence-corrected chi connectivity index (χ2v) is 5.38. The SMILES string of the molecule is CCN(Cc1c(F)cccc1F)Cc1cc(=O)n(C)c(=O)n1C. The summed E-state index contributed by atoms with van der Waals surface area (Å²) in [5.74, 6) is -1.22. The van der Waals surface area contributed by atoms with Crippen molar-refractivity contribution in [3.63, 3.8) is 0 Å². The van der Waals surface area contributed by atoms with E-state index in [1.54, 1.807) is 11.9 Å². The summed E-state index contributed by atoms with van der Waals surface area (Å²) in [6.07, 6.45) is 0. The molecule has 0 amide bonds. The van der Waals surface area contributed by atoms with Gasteiger partial charge in [-0.2, -0.15) is 0 Å². The van der Waals surface area contributed by atoms with Crippen molar-refractivity contribution in [3.05, 3.63) is 68.0 Å². The molecular formula is C16H19F2N3O2. The standard InChI is InChI=1S/C16H19F2N3O2/c1-4-21(10-12-13(17)6-5-7-14(12)18)9-11-8-15(22)20(3)16(23)19(11)2/h5-8H,4,9-10H2,1-3H3. The van der Waals surface area contributed by atoms with Crippen molar-refractivity contribution >= 4 is 0 Å². The molecular weight excluding hydrogens is 304 g/mol. The molecule has 0 saturated carbocycles.